The molecule has 1 atom stereocenters. The van der Waals surface area contributed by atoms with Gasteiger partial charge in [-0.05, 0) is 23.3 Å². The Morgan fingerprint density at radius 3 is 2.43 bits per heavy atom. The Bertz CT molecular complexity index is 873. The molecule has 28 heavy (non-hydrogen) atoms. The highest BCUT2D eigenvalue weighted by Gasteiger charge is 2.54. The summed E-state index contributed by atoms with van der Waals surface area (Å²) in [6.45, 7) is 5.37. The van der Waals surface area contributed by atoms with E-state index < -0.39 is 17.0 Å². The second kappa shape index (κ2) is 6.61. The zero-order valence-corrected chi connectivity index (χ0v) is 16.9. The van der Waals surface area contributed by atoms with Gasteiger partial charge in [-0.3, -0.25) is 19.7 Å². The summed E-state index contributed by atoms with van der Waals surface area (Å²) < 4.78 is 0. The van der Waals surface area contributed by atoms with Crippen LogP contribution in [0.1, 0.15) is 31.9 Å². The Kier molecular flexibility index (Phi) is 4.69. The van der Waals surface area contributed by atoms with Crippen molar-refractivity contribution in [2.24, 2.45) is 5.41 Å². The summed E-state index contributed by atoms with van der Waals surface area (Å²) in [6.07, 6.45) is 0.857. The Morgan fingerprint density at radius 2 is 1.86 bits per heavy atom. The summed E-state index contributed by atoms with van der Waals surface area (Å²) in [5.41, 5.74) is 1.07. The first-order valence-corrected chi connectivity index (χ1v) is 9.20. The first-order chi connectivity index (χ1) is 12.9. The molecular weight excluding hydrogens is 360 g/mol. The highest BCUT2D eigenvalue weighted by Crippen LogP contribution is 2.38. The number of likely N-dealkylation sites (N-methyl/N-ethyl adjacent to an activating group) is 2. The number of anilines is 1. The van der Waals surface area contributed by atoms with E-state index in [4.69, 9.17) is 0 Å². The standard InChI is InChI=1S/C20H26N4O4/c1-19(2,3)17(27)23(4)11-15(25)21-14-7-6-12-9-20(10-13(12)8-14)16(26)22-18(28)24(20)5/h6-8H,9-11H2,1-5H3,(H,21,25)(H,22,26,28). The molecule has 1 saturated heterocycles. The van der Waals surface area contributed by atoms with Crippen molar-refractivity contribution in [3.05, 3.63) is 29.3 Å². The summed E-state index contributed by atoms with van der Waals surface area (Å²) in [7, 11) is 3.22. The van der Waals surface area contributed by atoms with Gasteiger partial charge in [-0.2, -0.15) is 0 Å². The number of benzene rings is 1. The van der Waals surface area contributed by atoms with Gasteiger partial charge in [0.15, 0.2) is 0 Å². The molecule has 1 aliphatic carbocycles. The van der Waals surface area contributed by atoms with E-state index in [1.54, 1.807) is 40.9 Å². The molecule has 8 nitrogen and oxygen atoms in total. The van der Waals surface area contributed by atoms with E-state index in [2.05, 4.69) is 10.6 Å². The molecule has 5 amide bonds. The molecule has 2 N–H and O–H groups in total. The van der Waals surface area contributed by atoms with Gasteiger partial charge in [-0.15, -0.1) is 0 Å². The number of hydrogen-bond donors (Lipinski definition) is 2. The Labute approximate surface area is 164 Å². The first-order valence-electron chi connectivity index (χ1n) is 9.20. The fourth-order valence-corrected chi connectivity index (χ4v) is 3.84. The largest absolute Gasteiger partial charge is 0.336 e. The molecule has 3 rings (SSSR count). The van der Waals surface area contributed by atoms with E-state index in [9.17, 15) is 19.2 Å². The molecule has 1 aromatic rings. The number of nitrogens with zero attached hydrogens (tertiary/aromatic N) is 2. The monoisotopic (exact) mass is 386 g/mol. The predicted molar refractivity (Wildman–Crippen MR) is 104 cm³/mol. The normalized spacial score (nSPS) is 21.0. The molecule has 1 heterocycles. The van der Waals surface area contributed by atoms with Crippen LogP contribution in [0.15, 0.2) is 18.2 Å². The lowest BCUT2D eigenvalue weighted by molar-refractivity contribution is -0.140. The van der Waals surface area contributed by atoms with Crippen molar-refractivity contribution in [1.29, 1.82) is 0 Å². The van der Waals surface area contributed by atoms with Gasteiger partial charge in [0.05, 0.1) is 6.54 Å². The molecule has 0 bridgehead atoms. The Hall–Kier alpha value is -2.90. The number of carbonyl (C=O) groups is 4. The maximum absolute atomic E-state index is 12.3. The molecular formula is C20H26N4O4. The van der Waals surface area contributed by atoms with Crippen LogP contribution in [0.25, 0.3) is 0 Å². The zero-order valence-electron chi connectivity index (χ0n) is 16.9. The summed E-state index contributed by atoms with van der Waals surface area (Å²) in [5.74, 6) is -0.693. The average Bonchev–Trinajstić information content (AvgIpc) is 3.07. The maximum Gasteiger partial charge on any atom is 0.324 e. The van der Waals surface area contributed by atoms with Crippen molar-refractivity contribution >= 4 is 29.4 Å². The van der Waals surface area contributed by atoms with E-state index >= 15 is 0 Å². The molecule has 2 aliphatic rings. The van der Waals surface area contributed by atoms with E-state index in [1.807, 2.05) is 12.1 Å². The van der Waals surface area contributed by atoms with Gasteiger partial charge in [-0.1, -0.05) is 26.8 Å². The predicted octanol–water partition coefficient (Wildman–Crippen LogP) is 1.15. The maximum atomic E-state index is 12.3. The van der Waals surface area contributed by atoms with E-state index in [-0.39, 0.29) is 24.3 Å². The van der Waals surface area contributed by atoms with Crippen LogP contribution in [0.5, 0.6) is 0 Å². The average molecular weight is 386 g/mol. The van der Waals surface area contributed by atoms with Gasteiger partial charge >= 0.3 is 6.03 Å². The third kappa shape index (κ3) is 3.34. The number of nitrogens with one attached hydrogen (secondary N) is 2. The minimum atomic E-state index is -0.888. The van der Waals surface area contributed by atoms with Crippen LogP contribution in [0.2, 0.25) is 0 Å². The molecule has 150 valence electrons. The highest BCUT2D eigenvalue weighted by molar-refractivity contribution is 6.07. The fraction of sp³-hybridized carbons (Fsp3) is 0.500. The summed E-state index contributed by atoms with van der Waals surface area (Å²) in [6, 6.07) is 5.08. The number of urea groups is 1. The SMILES string of the molecule is CN(CC(=O)Nc1ccc2c(c1)CC1(C2)C(=O)NC(=O)N1C)C(=O)C(C)(C)C. The van der Waals surface area contributed by atoms with Gasteiger partial charge in [0, 0.05) is 38.0 Å². The van der Waals surface area contributed by atoms with Crippen molar-refractivity contribution in [1.82, 2.24) is 15.1 Å². The first kappa shape index (κ1) is 19.9. The second-order valence-corrected chi connectivity index (χ2v) is 8.65. The van der Waals surface area contributed by atoms with E-state index in [1.165, 1.54) is 9.80 Å². The molecule has 0 radical (unpaired) electrons. The topological polar surface area (TPSA) is 98.8 Å². The molecule has 1 aromatic carbocycles. The van der Waals surface area contributed by atoms with E-state index in [0.29, 0.717) is 18.5 Å². The molecule has 8 heteroatoms. The molecule has 0 saturated carbocycles. The Balaban J connectivity index is 1.69. The second-order valence-electron chi connectivity index (χ2n) is 8.65. The van der Waals surface area contributed by atoms with Crippen LogP contribution >= 0.6 is 0 Å². The highest BCUT2D eigenvalue weighted by atomic mass is 16.2. The van der Waals surface area contributed by atoms with Crippen LogP contribution in [-0.4, -0.2) is 59.7 Å². The summed E-state index contributed by atoms with van der Waals surface area (Å²) >= 11 is 0. The summed E-state index contributed by atoms with van der Waals surface area (Å²) in [5, 5.41) is 5.17. The number of fused-ring (bicyclic) bond motifs is 1. The summed E-state index contributed by atoms with van der Waals surface area (Å²) in [4.78, 5) is 51.6. The van der Waals surface area contributed by atoms with Crippen molar-refractivity contribution in [2.75, 3.05) is 26.0 Å². The molecule has 1 aliphatic heterocycles. The third-order valence-corrected chi connectivity index (χ3v) is 5.41. The number of rotatable bonds is 3. The quantitative estimate of drug-likeness (QED) is 0.761. The number of carbonyl (C=O) groups excluding carboxylic acids is 4. The van der Waals surface area contributed by atoms with Gasteiger partial charge in [-0.25, -0.2) is 4.79 Å². The van der Waals surface area contributed by atoms with Gasteiger partial charge in [0.2, 0.25) is 11.8 Å². The minimum absolute atomic E-state index is 0.0449. The zero-order chi connectivity index (χ0) is 20.9. The minimum Gasteiger partial charge on any atom is -0.336 e. The van der Waals surface area contributed by atoms with Gasteiger partial charge in [0.25, 0.3) is 5.91 Å². The van der Waals surface area contributed by atoms with Crippen molar-refractivity contribution in [2.45, 2.75) is 39.2 Å². The lowest BCUT2D eigenvalue weighted by atomic mass is 9.95. The smallest absolute Gasteiger partial charge is 0.324 e. The van der Waals surface area contributed by atoms with Crippen molar-refractivity contribution < 1.29 is 19.2 Å². The lowest BCUT2D eigenvalue weighted by Crippen LogP contribution is -2.48. The van der Waals surface area contributed by atoms with Crippen LogP contribution < -0.4 is 10.6 Å². The molecule has 1 unspecified atom stereocenters. The Morgan fingerprint density at radius 1 is 1.21 bits per heavy atom. The van der Waals surface area contributed by atoms with Gasteiger partial charge < -0.3 is 15.1 Å². The number of amides is 5. The van der Waals surface area contributed by atoms with Crippen LogP contribution in [0.4, 0.5) is 10.5 Å². The number of hydrogen-bond acceptors (Lipinski definition) is 4. The van der Waals surface area contributed by atoms with Crippen LogP contribution in [0.3, 0.4) is 0 Å². The van der Waals surface area contributed by atoms with Gasteiger partial charge in [0.1, 0.15) is 5.54 Å². The van der Waals surface area contributed by atoms with Crippen molar-refractivity contribution in [3.8, 4) is 0 Å². The molecule has 1 fully saturated rings. The number of imide groups is 1. The van der Waals surface area contributed by atoms with E-state index in [0.717, 1.165) is 11.1 Å². The van der Waals surface area contributed by atoms with Crippen LogP contribution in [0, 0.1) is 5.41 Å². The molecule has 0 aromatic heterocycles. The fourth-order valence-electron chi connectivity index (χ4n) is 3.84. The van der Waals surface area contributed by atoms with Crippen molar-refractivity contribution in [3.63, 3.8) is 0 Å². The lowest BCUT2D eigenvalue weighted by Gasteiger charge is -2.27. The van der Waals surface area contributed by atoms with Crippen LogP contribution in [-0.2, 0) is 27.2 Å². The third-order valence-electron chi connectivity index (χ3n) is 5.41. The molecule has 1 spiro atoms.